The van der Waals surface area contributed by atoms with Gasteiger partial charge in [0.2, 0.25) is 0 Å². The number of hydrogen-bond donors (Lipinski definition) is 2. The summed E-state index contributed by atoms with van der Waals surface area (Å²) in [4.78, 5) is 4.46. The summed E-state index contributed by atoms with van der Waals surface area (Å²) in [6, 6.07) is 2.22. The van der Waals surface area contributed by atoms with Gasteiger partial charge in [0.25, 0.3) is 0 Å². The third-order valence-electron chi connectivity index (χ3n) is 2.68. The molecule has 1 aromatic rings. The molecule has 90 valence electrons. The van der Waals surface area contributed by atoms with Gasteiger partial charge in [0.05, 0.1) is 0 Å². The summed E-state index contributed by atoms with van der Waals surface area (Å²) in [5.74, 6) is 0.698. The minimum Gasteiger partial charge on any atom is -0.383 e. The monoisotopic (exact) mass is 221 g/mol. The number of nitrogens with zero attached hydrogens (tertiary/aromatic N) is 1. The average molecular weight is 221 g/mol. The Hall–Kier alpha value is -1.09. The lowest BCUT2D eigenvalue weighted by molar-refractivity contribution is 0.783. The Balaban J connectivity index is 3.05. The first-order chi connectivity index (χ1) is 7.72. The highest BCUT2D eigenvalue weighted by molar-refractivity contribution is 5.46. The minimum atomic E-state index is 0.698. The van der Waals surface area contributed by atoms with Gasteiger partial charge in [-0.15, -0.1) is 0 Å². The third kappa shape index (κ3) is 3.20. The standard InChI is InChI=1S/C13H23N3/c1-4-6-10-8-11(7-5-2)16-13(14)12(10)9-15-3/h8,15H,4-7,9H2,1-3H3,(H2,14,16). The fourth-order valence-corrected chi connectivity index (χ4v) is 1.96. The molecule has 1 heterocycles. The molecule has 0 aromatic carbocycles. The molecule has 0 saturated carbocycles. The number of nitrogen functional groups attached to an aromatic ring is 1. The van der Waals surface area contributed by atoms with E-state index in [2.05, 4.69) is 30.2 Å². The number of nitrogens with two attached hydrogens (primary N) is 1. The van der Waals surface area contributed by atoms with Crippen molar-refractivity contribution in [1.82, 2.24) is 10.3 Å². The number of aryl methyl sites for hydroxylation is 2. The van der Waals surface area contributed by atoms with Gasteiger partial charge in [-0.2, -0.15) is 0 Å². The van der Waals surface area contributed by atoms with Crippen LogP contribution in [0.4, 0.5) is 5.82 Å². The summed E-state index contributed by atoms with van der Waals surface area (Å²) in [5.41, 5.74) is 9.67. The molecule has 3 nitrogen and oxygen atoms in total. The van der Waals surface area contributed by atoms with Gasteiger partial charge >= 0.3 is 0 Å². The lowest BCUT2D eigenvalue weighted by atomic mass is 10.0. The molecule has 0 saturated heterocycles. The van der Waals surface area contributed by atoms with Gasteiger partial charge in [-0.3, -0.25) is 0 Å². The predicted molar refractivity (Wildman–Crippen MR) is 69.4 cm³/mol. The van der Waals surface area contributed by atoms with Crippen molar-refractivity contribution in [3.05, 3.63) is 22.9 Å². The van der Waals surface area contributed by atoms with Crippen LogP contribution in [0.1, 0.15) is 43.5 Å². The minimum absolute atomic E-state index is 0.698. The van der Waals surface area contributed by atoms with Crippen LogP contribution in [0.25, 0.3) is 0 Å². The lowest BCUT2D eigenvalue weighted by Gasteiger charge is -2.13. The molecule has 0 unspecified atom stereocenters. The van der Waals surface area contributed by atoms with Crippen molar-refractivity contribution in [1.29, 1.82) is 0 Å². The molecule has 0 fully saturated rings. The summed E-state index contributed by atoms with van der Waals surface area (Å²) in [6.07, 6.45) is 4.36. The average Bonchev–Trinajstić information content (AvgIpc) is 2.24. The van der Waals surface area contributed by atoms with E-state index in [-0.39, 0.29) is 0 Å². The fraction of sp³-hybridized carbons (Fsp3) is 0.615. The molecule has 1 rings (SSSR count). The second kappa shape index (κ2) is 6.48. The van der Waals surface area contributed by atoms with Crippen LogP contribution in [-0.2, 0) is 19.4 Å². The highest BCUT2D eigenvalue weighted by Gasteiger charge is 2.08. The first kappa shape index (κ1) is 13.0. The van der Waals surface area contributed by atoms with Crippen LogP contribution in [0.5, 0.6) is 0 Å². The normalized spacial score (nSPS) is 10.7. The Kier molecular flexibility index (Phi) is 5.26. The molecule has 0 radical (unpaired) electrons. The van der Waals surface area contributed by atoms with E-state index < -0.39 is 0 Å². The quantitative estimate of drug-likeness (QED) is 0.775. The Morgan fingerprint density at radius 2 is 1.94 bits per heavy atom. The molecule has 0 aliphatic heterocycles. The van der Waals surface area contributed by atoms with E-state index >= 15 is 0 Å². The van der Waals surface area contributed by atoms with Crippen molar-refractivity contribution >= 4 is 5.82 Å². The molecular weight excluding hydrogens is 198 g/mol. The van der Waals surface area contributed by atoms with Crippen LogP contribution in [0.15, 0.2) is 6.07 Å². The highest BCUT2D eigenvalue weighted by atomic mass is 14.9. The van der Waals surface area contributed by atoms with Crippen LogP contribution >= 0.6 is 0 Å². The van der Waals surface area contributed by atoms with Crippen molar-refractivity contribution in [2.24, 2.45) is 0 Å². The van der Waals surface area contributed by atoms with Crippen LogP contribution in [-0.4, -0.2) is 12.0 Å². The van der Waals surface area contributed by atoms with Gasteiger partial charge in [0.15, 0.2) is 0 Å². The second-order valence-corrected chi connectivity index (χ2v) is 4.17. The maximum Gasteiger partial charge on any atom is 0.128 e. The molecular formula is C13H23N3. The summed E-state index contributed by atoms with van der Waals surface area (Å²) in [6.45, 7) is 5.17. The van der Waals surface area contributed by atoms with Gasteiger partial charge < -0.3 is 11.1 Å². The molecule has 16 heavy (non-hydrogen) atoms. The van der Waals surface area contributed by atoms with Crippen LogP contribution in [0.2, 0.25) is 0 Å². The molecule has 0 bridgehead atoms. The van der Waals surface area contributed by atoms with Crippen LogP contribution in [0.3, 0.4) is 0 Å². The molecule has 3 N–H and O–H groups in total. The maximum atomic E-state index is 6.02. The van der Waals surface area contributed by atoms with Gasteiger partial charge in [-0.05, 0) is 31.5 Å². The Morgan fingerprint density at radius 3 is 2.50 bits per heavy atom. The topological polar surface area (TPSA) is 50.9 Å². The Bertz CT molecular complexity index is 334. The molecule has 0 amide bonds. The van der Waals surface area contributed by atoms with E-state index in [9.17, 15) is 0 Å². The summed E-state index contributed by atoms with van der Waals surface area (Å²) < 4.78 is 0. The van der Waals surface area contributed by atoms with E-state index in [1.165, 1.54) is 11.1 Å². The molecule has 1 aromatic heterocycles. The summed E-state index contributed by atoms with van der Waals surface area (Å²) in [5, 5.41) is 3.16. The zero-order valence-electron chi connectivity index (χ0n) is 10.6. The largest absolute Gasteiger partial charge is 0.383 e. The van der Waals surface area contributed by atoms with Crippen molar-refractivity contribution in [3.63, 3.8) is 0 Å². The third-order valence-corrected chi connectivity index (χ3v) is 2.68. The van der Waals surface area contributed by atoms with E-state index in [1.54, 1.807) is 0 Å². The first-order valence-electron chi connectivity index (χ1n) is 6.14. The van der Waals surface area contributed by atoms with Crippen molar-refractivity contribution in [2.75, 3.05) is 12.8 Å². The van der Waals surface area contributed by atoms with E-state index in [4.69, 9.17) is 5.73 Å². The van der Waals surface area contributed by atoms with Gasteiger partial charge in [-0.25, -0.2) is 4.98 Å². The molecule has 0 atom stereocenters. The number of hydrogen-bond acceptors (Lipinski definition) is 3. The lowest BCUT2D eigenvalue weighted by Crippen LogP contribution is -2.13. The van der Waals surface area contributed by atoms with E-state index in [0.29, 0.717) is 5.82 Å². The number of aromatic nitrogens is 1. The zero-order valence-corrected chi connectivity index (χ0v) is 10.6. The smallest absolute Gasteiger partial charge is 0.128 e. The molecule has 3 heteroatoms. The van der Waals surface area contributed by atoms with Gasteiger partial charge in [-0.1, -0.05) is 26.7 Å². The fourth-order valence-electron chi connectivity index (χ4n) is 1.96. The van der Waals surface area contributed by atoms with Gasteiger partial charge in [0, 0.05) is 17.8 Å². The van der Waals surface area contributed by atoms with Crippen molar-refractivity contribution < 1.29 is 0 Å². The maximum absolute atomic E-state index is 6.02. The van der Waals surface area contributed by atoms with E-state index in [1.807, 2.05) is 7.05 Å². The van der Waals surface area contributed by atoms with Crippen molar-refractivity contribution in [3.8, 4) is 0 Å². The Labute approximate surface area is 98.5 Å². The highest BCUT2D eigenvalue weighted by Crippen LogP contribution is 2.19. The zero-order chi connectivity index (χ0) is 12.0. The number of pyridine rings is 1. The first-order valence-corrected chi connectivity index (χ1v) is 6.14. The molecule has 0 aliphatic carbocycles. The van der Waals surface area contributed by atoms with Crippen LogP contribution < -0.4 is 11.1 Å². The summed E-state index contributed by atoms with van der Waals surface area (Å²) >= 11 is 0. The summed E-state index contributed by atoms with van der Waals surface area (Å²) in [7, 11) is 1.94. The number of anilines is 1. The SMILES string of the molecule is CCCc1cc(CCC)c(CNC)c(N)n1. The molecule has 0 spiro atoms. The van der Waals surface area contributed by atoms with Gasteiger partial charge in [0.1, 0.15) is 5.82 Å². The van der Waals surface area contributed by atoms with Crippen molar-refractivity contribution in [2.45, 2.75) is 46.1 Å². The predicted octanol–water partition coefficient (Wildman–Crippen LogP) is 2.29. The second-order valence-electron chi connectivity index (χ2n) is 4.17. The molecule has 0 aliphatic rings. The number of nitrogens with one attached hydrogen (secondary N) is 1. The number of rotatable bonds is 6. The Morgan fingerprint density at radius 1 is 1.25 bits per heavy atom. The van der Waals surface area contributed by atoms with Crippen LogP contribution in [0, 0.1) is 0 Å². The van der Waals surface area contributed by atoms with E-state index in [0.717, 1.165) is 37.9 Å².